The molecular weight excluding hydrogens is 340 g/mol. The van der Waals surface area contributed by atoms with Crippen molar-refractivity contribution >= 4 is 11.9 Å². The van der Waals surface area contributed by atoms with E-state index in [0.717, 1.165) is 32.2 Å². The van der Waals surface area contributed by atoms with Crippen molar-refractivity contribution in [2.45, 2.75) is 110 Å². The van der Waals surface area contributed by atoms with Crippen LogP contribution in [0.3, 0.4) is 0 Å². The molecule has 0 aromatic carbocycles. The number of carbonyl (C=O) groups is 2. The minimum absolute atomic E-state index is 0. The summed E-state index contributed by atoms with van der Waals surface area (Å²) in [5, 5.41) is 11.2. The Morgan fingerprint density at radius 3 is 1.85 bits per heavy atom. The van der Waals surface area contributed by atoms with Crippen LogP contribution in [0.15, 0.2) is 12.2 Å². The third kappa shape index (κ3) is 24.6. The Labute approximate surface area is 167 Å². The summed E-state index contributed by atoms with van der Waals surface area (Å²) >= 11 is 0. The number of hydrogen-bond donors (Lipinski definition) is 3. The number of carboxylic acid groups (broad SMARTS) is 1. The molecular formula is C22H44N2O3. The minimum Gasteiger partial charge on any atom is -0.481 e. The molecule has 5 N–H and O–H groups in total. The van der Waals surface area contributed by atoms with E-state index in [9.17, 15) is 9.59 Å². The lowest BCUT2D eigenvalue weighted by Gasteiger charge is -1.99. The topological polar surface area (TPSA) is 101 Å². The van der Waals surface area contributed by atoms with Gasteiger partial charge in [0, 0.05) is 19.4 Å². The molecule has 0 aromatic rings. The zero-order valence-corrected chi connectivity index (χ0v) is 17.6. The molecule has 160 valence electrons. The van der Waals surface area contributed by atoms with Crippen molar-refractivity contribution in [3.8, 4) is 0 Å². The molecule has 0 aromatic heterocycles. The van der Waals surface area contributed by atoms with Crippen LogP contribution >= 0.6 is 0 Å². The highest BCUT2D eigenvalue weighted by Gasteiger charge is 2.05. The highest BCUT2D eigenvalue weighted by atomic mass is 16.4. The largest absolute Gasteiger partial charge is 0.481 e. The molecule has 0 spiro atoms. The van der Waals surface area contributed by atoms with Gasteiger partial charge in [-0.25, -0.2) is 0 Å². The van der Waals surface area contributed by atoms with Crippen LogP contribution in [0.25, 0.3) is 0 Å². The van der Waals surface area contributed by atoms with Crippen LogP contribution in [0.1, 0.15) is 110 Å². The average Bonchev–Trinajstić information content (AvgIpc) is 3.09. The van der Waals surface area contributed by atoms with Gasteiger partial charge < -0.3 is 16.6 Å². The van der Waals surface area contributed by atoms with Crippen molar-refractivity contribution in [3.63, 3.8) is 0 Å². The van der Waals surface area contributed by atoms with Crippen molar-refractivity contribution in [3.05, 3.63) is 12.2 Å². The second kappa shape index (κ2) is 22.7. The summed E-state index contributed by atoms with van der Waals surface area (Å²) < 4.78 is 0. The SMILES string of the molecule is CCCCCCCC/C=C\CCCCCCCC(=O)O.N.O=C1CCCN1. The van der Waals surface area contributed by atoms with Gasteiger partial charge in [0.2, 0.25) is 5.91 Å². The average molecular weight is 385 g/mol. The van der Waals surface area contributed by atoms with Crippen LogP contribution in [-0.2, 0) is 9.59 Å². The van der Waals surface area contributed by atoms with E-state index >= 15 is 0 Å². The van der Waals surface area contributed by atoms with Gasteiger partial charge in [0.15, 0.2) is 0 Å². The minimum atomic E-state index is -0.664. The molecule has 1 aliphatic heterocycles. The predicted molar refractivity (Wildman–Crippen MR) is 114 cm³/mol. The van der Waals surface area contributed by atoms with E-state index in [4.69, 9.17) is 5.11 Å². The molecule has 0 radical (unpaired) electrons. The lowest BCUT2D eigenvalue weighted by molar-refractivity contribution is -0.137. The molecule has 1 heterocycles. The number of aliphatic carboxylic acids is 1. The zero-order chi connectivity index (χ0) is 19.3. The lowest BCUT2D eigenvalue weighted by atomic mass is 10.1. The first-order valence-electron chi connectivity index (χ1n) is 10.8. The summed E-state index contributed by atoms with van der Waals surface area (Å²) in [5.74, 6) is -0.461. The third-order valence-corrected chi connectivity index (χ3v) is 4.56. The summed E-state index contributed by atoms with van der Waals surface area (Å²) in [6.07, 6.45) is 23.0. The summed E-state index contributed by atoms with van der Waals surface area (Å²) in [5.41, 5.74) is 0. The van der Waals surface area contributed by atoms with E-state index in [0.29, 0.717) is 6.42 Å². The van der Waals surface area contributed by atoms with Crippen LogP contribution < -0.4 is 11.5 Å². The van der Waals surface area contributed by atoms with Gasteiger partial charge in [0.05, 0.1) is 0 Å². The van der Waals surface area contributed by atoms with E-state index in [1.165, 1.54) is 70.6 Å². The molecule has 1 amide bonds. The van der Waals surface area contributed by atoms with Gasteiger partial charge in [-0.05, 0) is 38.5 Å². The van der Waals surface area contributed by atoms with Gasteiger partial charge in [-0.2, -0.15) is 0 Å². The van der Waals surface area contributed by atoms with E-state index < -0.39 is 5.97 Å². The molecule has 1 fully saturated rings. The quantitative estimate of drug-likeness (QED) is 0.232. The maximum Gasteiger partial charge on any atom is 0.303 e. The standard InChI is InChI=1S/C18H34O2.C4H7NO.H3N/c1-2-3-4-5-6-7-8-9-10-11-12-13-14-15-16-17-18(19)20;6-4-2-1-3-5-4;/h9-10H,2-8,11-17H2,1H3,(H,19,20);1-3H2,(H,5,6);1H3/b10-9-;;. The first kappa shape index (κ1) is 27.9. The number of nitrogens with one attached hydrogen (secondary N) is 1. The number of rotatable bonds is 15. The number of amides is 1. The van der Waals surface area contributed by atoms with Gasteiger partial charge in [0.1, 0.15) is 0 Å². The molecule has 1 aliphatic rings. The fraction of sp³-hybridized carbons (Fsp3) is 0.818. The number of unbranched alkanes of at least 4 members (excludes halogenated alkanes) is 11. The number of hydrogen-bond acceptors (Lipinski definition) is 3. The Morgan fingerprint density at radius 2 is 1.44 bits per heavy atom. The maximum absolute atomic E-state index is 10.3. The molecule has 1 rings (SSSR count). The van der Waals surface area contributed by atoms with Crippen molar-refractivity contribution in [2.24, 2.45) is 0 Å². The predicted octanol–water partition coefficient (Wildman–Crippen LogP) is 6.17. The van der Waals surface area contributed by atoms with Gasteiger partial charge in [-0.3, -0.25) is 9.59 Å². The van der Waals surface area contributed by atoms with Crippen LogP contribution in [0.5, 0.6) is 0 Å². The van der Waals surface area contributed by atoms with Crippen LogP contribution in [0.2, 0.25) is 0 Å². The second-order valence-electron chi connectivity index (χ2n) is 7.18. The van der Waals surface area contributed by atoms with Gasteiger partial charge >= 0.3 is 5.97 Å². The smallest absolute Gasteiger partial charge is 0.303 e. The first-order chi connectivity index (χ1) is 12.7. The van der Waals surface area contributed by atoms with E-state index in [-0.39, 0.29) is 12.1 Å². The molecule has 5 nitrogen and oxygen atoms in total. The second-order valence-corrected chi connectivity index (χ2v) is 7.18. The van der Waals surface area contributed by atoms with Crippen molar-refractivity contribution < 1.29 is 14.7 Å². The van der Waals surface area contributed by atoms with Gasteiger partial charge in [-0.1, -0.05) is 70.4 Å². The molecule has 5 heteroatoms. The summed E-state index contributed by atoms with van der Waals surface area (Å²) in [4.78, 5) is 20.5. The van der Waals surface area contributed by atoms with Gasteiger partial charge in [0.25, 0.3) is 0 Å². The van der Waals surface area contributed by atoms with Crippen molar-refractivity contribution in [2.75, 3.05) is 6.54 Å². The first-order valence-corrected chi connectivity index (χ1v) is 10.8. The summed E-state index contributed by atoms with van der Waals surface area (Å²) in [7, 11) is 0. The summed E-state index contributed by atoms with van der Waals surface area (Å²) in [6.45, 7) is 3.15. The number of allylic oxidation sites excluding steroid dienone is 2. The third-order valence-electron chi connectivity index (χ3n) is 4.56. The Bertz CT molecular complexity index is 363. The Hall–Kier alpha value is -1.36. The van der Waals surface area contributed by atoms with Crippen LogP contribution in [0, 0.1) is 0 Å². The molecule has 0 saturated carbocycles. The van der Waals surface area contributed by atoms with Crippen LogP contribution in [-0.4, -0.2) is 23.5 Å². The van der Waals surface area contributed by atoms with Gasteiger partial charge in [-0.15, -0.1) is 0 Å². The number of carboxylic acids is 1. The summed E-state index contributed by atoms with van der Waals surface area (Å²) in [6, 6.07) is 0. The molecule has 0 bridgehead atoms. The molecule has 0 aliphatic carbocycles. The molecule has 1 saturated heterocycles. The number of carbonyl (C=O) groups excluding carboxylic acids is 1. The monoisotopic (exact) mass is 384 g/mol. The highest BCUT2D eigenvalue weighted by molar-refractivity contribution is 5.77. The normalized spacial score (nSPS) is 13.0. The van der Waals surface area contributed by atoms with E-state index in [1.54, 1.807) is 0 Å². The molecule has 0 atom stereocenters. The van der Waals surface area contributed by atoms with E-state index in [1.807, 2.05) is 0 Å². The molecule has 0 unspecified atom stereocenters. The Balaban J connectivity index is 0. The van der Waals surface area contributed by atoms with E-state index in [2.05, 4.69) is 24.4 Å². The maximum atomic E-state index is 10.3. The zero-order valence-electron chi connectivity index (χ0n) is 17.6. The molecule has 27 heavy (non-hydrogen) atoms. The lowest BCUT2D eigenvalue weighted by Crippen LogP contribution is -2.12. The Morgan fingerprint density at radius 1 is 0.926 bits per heavy atom. The fourth-order valence-corrected chi connectivity index (χ4v) is 2.91. The Kier molecular flexibility index (Phi) is 23.4. The van der Waals surface area contributed by atoms with Crippen molar-refractivity contribution in [1.82, 2.24) is 11.5 Å². The van der Waals surface area contributed by atoms with Crippen LogP contribution in [0.4, 0.5) is 0 Å². The fourth-order valence-electron chi connectivity index (χ4n) is 2.91. The highest BCUT2D eigenvalue weighted by Crippen LogP contribution is 2.09. The van der Waals surface area contributed by atoms with Crippen molar-refractivity contribution in [1.29, 1.82) is 0 Å².